The van der Waals surface area contributed by atoms with Gasteiger partial charge in [-0.05, 0) is 96.1 Å². The smallest absolute Gasteiger partial charge is 0.119 e. The van der Waals surface area contributed by atoms with Crippen LogP contribution in [-0.2, 0) is 6.61 Å². The average molecular weight is 550 g/mol. The monoisotopic (exact) mass is 548 g/mol. The molecule has 0 saturated heterocycles. The molecule has 0 fully saturated rings. The van der Waals surface area contributed by atoms with Gasteiger partial charge in [0.15, 0.2) is 0 Å². The largest absolute Gasteiger partial charge is 0.489 e. The summed E-state index contributed by atoms with van der Waals surface area (Å²) in [6.45, 7) is 2.72. The predicted octanol–water partition coefficient (Wildman–Crippen LogP) is 8.91. The molecule has 0 radical (unpaired) electrons. The summed E-state index contributed by atoms with van der Waals surface area (Å²) in [4.78, 5) is 4.70. The van der Waals surface area contributed by atoms with Crippen LogP contribution >= 0.6 is 15.9 Å². The molecule has 3 nitrogen and oxygen atoms in total. The van der Waals surface area contributed by atoms with Crippen LogP contribution in [0.2, 0.25) is 0 Å². The minimum atomic E-state index is 0.304. The van der Waals surface area contributed by atoms with Gasteiger partial charge in [0.2, 0.25) is 0 Å². The second-order valence-corrected chi connectivity index (χ2v) is 10.8. The molecule has 2 aliphatic rings. The Morgan fingerprint density at radius 2 is 1.73 bits per heavy atom. The lowest BCUT2D eigenvalue weighted by atomic mass is 9.76. The van der Waals surface area contributed by atoms with Crippen LogP contribution < -0.4 is 10.1 Å². The SMILES string of the molecule is Cc1ccc2c(c1)[C@@H]1C=CC[C@@H]1[C@H](c1ccc(N=Cc3ccc(OCc4ccc(Br)cc4)cc3)cc1)N2. The highest BCUT2D eigenvalue weighted by atomic mass is 79.9. The van der Waals surface area contributed by atoms with Crippen molar-refractivity contribution in [1.29, 1.82) is 0 Å². The minimum Gasteiger partial charge on any atom is -0.489 e. The van der Waals surface area contributed by atoms with Gasteiger partial charge < -0.3 is 10.1 Å². The summed E-state index contributed by atoms with van der Waals surface area (Å²) in [6.07, 6.45) is 7.75. The number of allylic oxidation sites excluding steroid dienone is 2. The molecule has 4 heteroatoms. The van der Waals surface area contributed by atoms with Crippen molar-refractivity contribution >= 4 is 33.5 Å². The Morgan fingerprint density at radius 1 is 0.946 bits per heavy atom. The summed E-state index contributed by atoms with van der Waals surface area (Å²) in [5.74, 6) is 1.88. The molecule has 0 amide bonds. The number of halogens is 1. The van der Waals surface area contributed by atoms with E-state index in [9.17, 15) is 0 Å². The quantitative estimate of drug-likeness (QED) is 0.192. The molecule has 1 N–H and O–H groups in total. The molecule has 0 spiro atoms. The van der Waals surface area contributed by atoms with Crippen LogP contribution in [0.15, 0.2) is 113 Å². The van der Waals surface area contributed by atoms with Crippen molar-refractivity contribution in [2.45, 2.75) is 31.9 Å². The van der Waals surface area contributed by atoms with Crippen LogP contribution in [0.3, 0.4) is 0 Å². The van der Waals surface area contributed by atoms with Crippen LogP contribution in [0.1, 0.15) is 46.2 Å². The standard InChI is InChI=1S/C33H29BrN2O/c1-22-5-18-32-31(19-22)29-3-2-4-30(29)33(36-32)25-10-14-27(15-11-25)35-20-23-8-16-28(17-9-23)37-21-24-6-12-26(34)13-7-24/h2-3,5-20,29-30,33,36H,4,21H2,1H3/t29-,30+,33+/m1/s1. The first-order chi connectivity index (χ1) is 18.1. The maximum atomic E-state index is 5.91. The lowest BCUT2D eigenvalue weighted by molar-refractivity contribution is 0.306. The highest BCUT2D eigenvalue weighted by molar-refractivity contribution is 9.10. The molecular formula is C33H29BrN2O. The topological polar surface area (TPSA) is 33.6 Å². The zero-order valence-corrected chi connectivity index (χ0v) is 22.4. The van der Waals surface area contributed by atoms with Gasteiger partial charge in [0.25, 0.3) is 0 Å². The zero-order chi connectivity index (χ0) is 25.2. The molecule has 4 aromatic carbocycles. The van der Waals surface area contributed by atoms with E-state index in [4.69, 9.17) is 9.73 Å². The zero-order valence-electron chi connectivity index (χ0n) is 20.8. The van der Waals surface area contributed by atoms with E-state index in [1.807, 2.05) is 42.6 Å². The summed E-state index contributed by atoms with van der Waals surface area (Å²) >= 11 is 3.46. The molecule has 1 aliphatic carbocycles. The van der Waals surface area contributed by atoms with E-state index in [1.165, 1.54) is 22.4 Å². The molecule has 4 aromatic rings. The van der Waals surface area contributed by atoms with Crippen LogP contribution in [0.4, 0.5) is 11.4 Å². The van der Waals surface area contributed by atoms with E-state index in [0.717, 1.165) is 33.5 Å². The number of hydrogen-bond acceptors (Lipinski definition) is 3. The van der Waals surface area contributed by atoms with Crippen molar-refractivity contribution in [1.82, 2.24) is 0 Å². The van der Waals surface area contributed by atoms with Gasteiger partial charge in [-0.15, -0.1) is 0 Å². The normalized spacial score (nSPS) is 19.9. The first-order valence-corrected chi connectivity index (χ1v) is 13.6. The molecule has 1 aliphatic heterocycles. The second-order valence-electron chi connectivity index (χ2n) is 9.90. The van der Waals surface area contributed by atoms with E-state index < -0.39 is 0 Å². The number of hydrogen-bond donors (Lipinski definition) is 1. The van der Waals surface area contributed by atoms with E-state index in [2.05, 4.69) is 94.9 Å². The Kier molecular flexibility index (Phi) is 6.67. The third-order valence-corrected chi connectivity index (χ3v) is 7.86. The highest BCUT2D eigenvalue weighted by Gasteiger charge is 2.37. The van der Waals surface area contributed by atoms with E-state index in [0.29, 0.717) is 24.5 Å². The van der Waals surface area contributed by atoms with E-state index >= 15 is 0 Å². The van der Waals surface area contributed by atoms with Crippen LogP contribution in [0, 0.1) is 12.8 Å². The third kappa shape index (κ3) is 5.26. The number of ether oxygens (including phenoxy) is 1. The predicted molar refractivity (Wildman–Crippen MR) is 156 cm³/mol. The number of anilines is 1. The molecule has 0 saturated carbocycles. The van der Waals surface area contributed by atoms with Gasteiger partial charge in [0, 0.05) is 22.3 Å². The number of aryl methyl sites for hydroxylation is 1. The molecule has 6 rings (SSSR count). The summed E-state index contributed by atoms with van der Waals surface area (Å²) in [6, 6.07) is 32.0. The van der Waals surface area contributed by atoms with Crippen molar-refractivity contribution in [2.24, 2.45) is 10.9 Å². The van der Waals surface area contributed by atoms with Gasteiger partial charge in [0.05, 0.1) is 11.7 Å². The number of nitrogens with one attached hydrogen (secondary N) is 1. The molecular weight excluding hydrogens is 520 g/mol. The molecule has 0 bridgehead atoms. The second kappa shape index (κ2) is 10.4. The van der Waals surface area contributed by atoms with Crippen molar-refractivity contribution in [3.8, 4) is 5.75 Å². The summed E-state index contributed by atoms with van der Waals surface area (Å²) in [5, 5.41) is 3.83. The molecule has 3 atom stereocenters. The summed E-state index contributed by atoms with van der Waals surface area (Å²) < 4.78 is 6.98. The fourth-order valence-electron chi connectivity index (χ4n) is 5.36. The van der Waals surface area contributed by atoms with Gasteiger partial charge in [-0.25, -0.2) is 0 Å². The first kappa shape index (κ1) is 23.7. The van der Waals surface area contributed by atoms with Crippen molar-refractivity contribution in [3.63, 3.8) is 0 Å². The number of benzene rings is 4. The first-order valence-electron chi connectivity index (χ1n) is 12.8. The van der Waals surface area contributed by atoms with Crippen molar-refractivity contribution in [3.05, 3.63) is 135 Å². The van der Waals surface area contributed by atoms with E-state index in [1.54, 1.807) is 0 Å². The average Bonchev–Trinajstić information content (AvgIpc) is 3.43. The number of aliphatic imine (C=N–C) groups is 1. The maximum absolute atomic E-state index is 5.91. The van der Waals surface area contributed by atoms with E-state index in [-0.39, 0.29) is 0 Å². The fraction of sp³-hybridized carbons (Fsp3) is 0.182. The molecule has 37 heavy (non-hydrogen) atoms. The number of rotatable bonds is 6. The Balaban J connectivity index is 1.10. The van der Waals surface area contributed by atoms with Gasteiger partial charge in [-0.1, -0.05) is 70.0 Å². The van der Waals surface area contributed by atoms with Crippen LogP contribution in [-0.4, -0.2) is 6.21 Å². The minimum absolute atomic E-state index is 0.304. The number of nitrogens with zero attached hydrogens (tertiary/aromatic N) is 1. The summed E-state index contributed by atoms with van der Waals surface area (Å²) in [5.41, 5.74) is 8.46. The van der Waals surface area contributed by atoms with Gasteiger partial charge in [-0.2, -0.15) is 0 Å². The Morgan fingerprint density at radius 3 is 2.51 bits per heavy atom. The van der Waals surface area contributed by atoms with Crippen molar-refractivity contribution in [2.75, 3.05) is 5.32 Å². The van der Waals surface area contributed by atoms with Gasteiger partial charge in [-0.3, -0.25) is 4.99 Å². The molecule has 0 aromatic heterocycles. The molecule has 0 unspecified atom stereocenters. The fourth-order valence-corrected chi connectivity index (χ4v) is 5.62. The Bertz CT molecular complexity index is 1440. The summed E-state index contributed by atoms with van der Waals surface area (Å²) in [7, 11) is 0. The van der Waals surface area contributed by atoms with Gasteiger partial charge in [0.1, 0.15) is 12.4 Å². The Labute approximate surface area is 227 Å². The number of fused-ring (bicyclic) bond motifs is 3. The molecule has 1 heterocycles. The maximum Gasteiger partial charge on any atom is 0.119 e. The molecule has 184 valence electrons. The third-order valence-electron chi connectivity index (χ3n) is 7.33. The van der Waals surface area contributed by atoms with Crippen LogP contribution in [0.5, 0.6) is 5.75 Å². The lowest BCUT2D eigenvalue weighted by Crippen LogP contribution is -2.29. The highest BCUT2D eigenvalue weighted by Crippen LogP contribution is 2.50. The van der Waals surface area contributed by atoms with Crippen LogP contribution in [0.25, 0.3) is 0 Å². The van der Waals surface area contributed by atoms with Crippen molar-refractivity contribution < 1.29 is 4.74 Å². The van der Waals surface area contributed by atoms with Gasteiger partial charge >= 0.3 is 0 Å². The lowest BCUT2D eigenvalue weighted by Gasteiger charge is -2.37. The Hall–Kier alpha value is -3.63.